The van der Waals surface area contributed by atoms with Crippen molar-refractivity contribution in [2.45, 2.75) is 44.6 Å². The van der Waals surface area contributed by atoms with Gasteiger partial charge < -0.3 is 14.7 Å². The van der Waals surface area contributed by atoms with E-state index in [1.54, 1.807) is 6.07 Å². The zero-order valence-electron chi connectivity index (χ0n) is 18.3. The lowest BCUT2D eigenvalue weighted by Gasteiger charge is -2.53. The van der Waals surface area contributed by atoms with Gasteiger partial charge in [0.1, 0.15) is 12.4 Å². The van der Waals surface area contributed by atoms with E-state index in [-0.39, 0.29) is 11.8 Å². The lowest BCUT2D eigenvalue weighted by Crippen LogP contribution is -2.56. The van der Waals surface area contributed by atoms with Crippen LogP contribution in [0.15, 0.2) is 18.2 Å². The van der Waals surface area contributed by atoms with Crippen LogP contribution in [0.2, 0.25) is 0 Å². The molecule has 0 amide bonds. The van der Waals surface area contributed by atoms with Gasteiger partial charge in [0.2, 0.25) is 0 Å². The Labute approximate surface area is 178 Å². The Morgan fingerprint density at radius 3 is 2.90 bits per heavy atom. The van der Waals surface area contributed by atoms with Gasteiger partial charge in [0, 0.05) is 42.7 Å². The molecular weight excluding hydrogens is 378 g/mol. The van der Waals surface area contributed by atoms with Crippen molar-refractivity contribution >= 4 is 17.0 Å². The molecule has 1 aromatic heterocycles. The maximum atomic E-state index is 13.3. The first-order valence-electron chi connectivity index (χ1n) is 11.4. The van der Waals surface area contributed by atoms with Crippen LogP contribution in [-0.2, 0) is 11.2 Å². The Hall–Kier alpha value is -2.05. The number of phenolic OH excluding ortho intramolecular Hbond substituents is 1. The van der Waals surface area contributed by atoms with Gasteiger partial charge in [-0.2, -0.15) is 0 Å². The van der Waals surface area contributed by atoms with Gasteiger partial charge in [0.05, 0.1) is 5.52 Å². The fraction of sp³-hybridized carbons (Fsp3) is 0.625. The molecule has 6 heteroatoms. The number of rotatable bonds is 4. The van der Waals surface area contributed by atoms with Crippen LogP contribution < -0.4 is 0 Å². The summed E-state index contributed by atoms with van der Waals surface area (Å²) in [6.45, 7) is 5.61. The molecule has 1 aliphatic carbocycles. The molecule has 3 aliphatic heterocycles. The number of hydrogen-bond donors (Lipinski definition) is 1. The molecule has 5 atom stereocenters. The van der Waals surface area contributed by atoms with E-state index in [1.165, 1.54) is 24.9 Å². The largest absolute Gasteiger partial charge is 0.508 e. The minimum absolute atomic E-state index is 0.254. The summed E-state index contributed by atoms with van der Waals surface area (Å²) in [5.41, 5.74) is 3.26. The number of hydrogen-bond acceptors (Lipinski definition) is 5. The van der Waals surface area contributed by atoms with E-state index in [2.05, 4.69) is 11.8 Å². The molecule has 1 aromatic carbocycles. The summed E-state index contributed by atoms with van der Waals surface area (Å²) in [6.07, 6.45) is 4.30. The first-order chi connectivity index (χ1) is 14.5. The highest BCUT2D eigenvalue weighted by Crippen LogP contribution is 2.52. The molecule has 2 aromatic rings. The number of likely N-dealkylation sites (N-methyl/N-ethyl adjacent to an activating group) is 1. The van der Waals surface area contributed by atoms with Gasteiger partial charge in [0.25, 0.3) is 0 Å². The minimum Gasteiger partial charge on any atom is -0.508 e. The van der Waals surface area contributed by atoms with Gasteiger partial charge in [-0.3, -0.25) is 4.90 Å². The highest BCUT2D eigenvalue weighted by molar-refractivity contribution is 5.95. The summed E-state index contributed by atoms with van der Waals surface area (Å²) < 4.78 is 7.57. The second kappa shape index (κ2) is 7.57. The molecule has 2 saturated heterocycles. The van der Waals surface area contributed by atoms with Crippen LogP contribution in [0.4, 0.5) is 4.79 Å². The Morgan fingerprint density at radius 2 is 2.13 bits per heavy atom. The van der Waals surface area contributed by atoms with Crippen molar-refractivity contribution in [1.29, 1.82) is 0 Å². The topological polar surface area (TPSA) is 57.9 Å². The van der Waals surface area contributed by atoms with Crippen LogP contribution in [-0.4, -0.2) is 71.9 Å². The number of carbonyl (C=O) groups excluding carboxylic acids is 1. The third-order valence-corrected chi connectivity index (χ3v) is 7.60. The van der Waals surface area contributed by atoms with Crippen molar-refractivity contribution in [3.05, 3.63) is 29.5 Å². The van der Waals surface area contributed by atoms with Gasteiger partial charge >= 0.3 is 6.09 Å². The molecule has 162 valence electrons. The van der Waals surface area contributed by atoms with Gasteiger partial charge in [0.15, 0.2) is 0 Å². The van der Waals surface area contributed by atoms with Gasteiger partial charge in [-0.05, 0) is 69.0 Å². The number of piperidine rings is 2. The summed E-state index contributed by atoms with van der Waals surface area (Å²) >= 11 is 0. The molecule has 6 rings (SSSR count). The molecule has 1 N–H and O–H groups in total. The van der Waals surface area contributed by atoms with E-state index in [9.17, 15) is 9.90 Å². The van der Waals surface area contributed by atoms with Crippen LogP contribution in [0.5, 0.6) is 5.75 Å². The quantitative estimate of drug-likeness (QED) is 0.832. The van der Waals surface area contributed by atoms with Crippen molar-refractivity contribution in [3.8, 4) is 5.75 Å². The fourth-order valence-corrected chi connectivity index (χ4v) is 6.42. The molecule has 30 heavy (non-hydrogen) atoms. The molecule has 6 nitrogen and oxygen atoms in total. The summed E-state index contributed by atoms with van der Waals surface area (Å²) in [6, 6.07) is 5.90. The molecule has 0 spiro atoms. The number of aromatic nitrogens is 1. The normalized spacial score (nSPS) is 29.8. The average Bonchev–Trinajstić information content (AvgIpc) is 2.99. The number of aromatic hydroxyl groups is 1. The maximum absolute atomic E-state index is 13.3. The molecule has 0 radical (unpaired) electrons. The van der Waals surface area contributed by atoms with Crippen molar-refractivity contribution in [3.63, 3.8) is 0 Å². The third kappa shape index (κ3) is 3.12. The lowest BCUT2D eigenvalue weighted by molar-refractivity contribution is -0.0141. The Morgan fingerprint density at radius 1 is 1.30 bits per heavy atom. The van der Waals surface area contributed by atoms with E-state index in [4.69, 9.17) is 4.74 Å². The van der Waals surface area contributed by atoms with Crippen molar-refractivity contribution in [2.75, 3.05) is 40.3 Å². The van der Waals surface area contributed by atoms with E-state index in [0.29, 0.717) is 36.9 Å². The van der Waals surface area contributed by atoms with Crippen LogP contribution in [0, 0.1) is 11.8 Å². The molecular formula is C24H33N3O3. The van der Waals surface area contributed by atoms with E-state index >= 15 is 0 Å². The van der Waals surface area contributed by atoms with Gasteiger partial charge in [-0.15, -0.1) is 0 Å². The highest BCUT2D eigenvalue weighted by Gasteiger charge is 2.49. The van der Waals surface area contributed by atoms with E-state index < -0.39 is 0 Å². The number of fused-ring (bicyclic) bond motifs is 4. The smallest absolute Gasteiger partial charge is 0.418 e. The average molecular weight is 412 g/mol. The lowest BCUT2D eigenvalue weighted by atomic mass is 9.65. The molecule has 4 bridgehead atoms. The Kier molecular flexibility index (Phi) is 5.02. The molecule has 4 heterocycles. The van der Waals surface area contributed by atoms with Crippen LogP contribution in [0.25, 0.3) is 10.9 Å². The summed E-state index contributed by atoms with van der Waals surface area (Å²) in [5, 5.41) is 11.2. The molecule has 4 aliphatic rings. The van der Waals surface area contributed by atoms with Gasteiger partial charge in [-0.25, -0.2) is 9.36 Å². The maximum Gasteiger partial charge on any atom is 0.418 e. The zero-order chi connectivity index (χ0) is 21.0. The Bertz CT molecular complexity index is 966. The monoisotopic (exact) mass is 411 g/mol. The predicted octanol–water partition coefficient (Wildman–Crippen LogP) is 3.65. The number of benzene rings is 1. The van der Waals surface area contributed by atoms with Crippen molar-refractivity contribution in [1.82, 2.24) is 14.4 Å². The second-order valence-electron chi connectivity index (χ2n) is 9.67. The van der Waals surface area contributed by atoms with Crippen LogP contribution in [0.3, 0.4) is 0 Å². The third-order valence-electron chi connectivity index (χ3n) is 7.60. The first kappa shape index (κ1) is 19.9. The van der Waals surface area contributed by atoms with Crippen LogP contribution >= 0.6 is 0 Å². The number of nitrogens with zero attached hydrogens (tertiary/aromatic N) is 3. The summed E-state index contributed by atoms with van der Waals surface area (Å²) in [4.78, 5) is 18.0. The van der Waals surface area contributed by atoms with Crippen LogP contribution in [0.1, 0.15) is 43.4 Å². The minimum atomic E-state index is -0.281. The Balaban J connectivity index is 1.63. The fourth-order valence-electron chi connectivity index (χ4n) is 6.42. The first-order valence-corrected chi connectivity index (χ1v) is 11.4. The highest BCUT2D eigenvalue weighted by atomic mass is 16.5. The van der Waals surface area contributed by atoms with E-state index in [1.807, 2.05) is 35.7 Å². The number of carbonyl (C=O) groups is 1. The van der Waals surface area contributed by atoms with Crippen molar-refractivity contribution in [2.24, 2.45) is 11.8 Å². The summed E-state index contributed by atoms with van der Waals surface area (Å²) in [7, 11) is 3.96. The molecule has 1 unspecified atom stereocenters. The predicted molar refractivity (Wildman–Crippen MR) is 117 cm³/mol. The number of phenols is 1. The second-order valence-corrected chi connectivity index (χ2v) is 9.67. The number of ether oxygens (including phenoxy) is 1. The SMILES string of the molecule is CC[C@H]1C[C@@H]2C[C@H]3c4c(c5cc(O)ccc5n4C(=O)OCCN(C)C)CCN(C2)[C@@H]13. The standard InChI is InChI=1S/C24H33N3O3/c1-4-16-11-15-12-20-22(16)26(14-15)8-7-18-19-13-17(28)5-6-21(19)27(23(18)20)24(29)30-10-9-25(2)3/h5-6,13,15-16,20,22,28H,4,7-12,14H2,1-3H3/t15-,16+,20-,22+/m1/s1. The van der Waals surface area contributed by atoms with Gasteiger partial charge in [-0.1, -0.05) is 13.3 Å². The zero-order valence-corrected chi connectivity index (χ0v) is 18.3. The van der Waals surface area contributed by atoms with E-state index in [0.717, 1.165) is 36.0 Å². The molecule has 1 saturated carbocycles. The van der Waals surface area contributed by atoms with Crippen molar-refractivity contribution < 1.29 is 14.6 Å². The summed E-state index contributed by atoms with van der Waals surface area (Å²) in [5.74, 6) is 2.01. The molecule has 3 fully saturated rings.